The Labute approximate surface area is 110 Å². The third-order valence-corrected chi connectivity index (χ3v) is 3.39. The average molecular weight is 322 g/mol. The number of aliphatic hydroxyl groups is 1. The molecule has 1 aromatic carbocycles. The average Bonchev–Trinajstić information content (AvgIpc) is 2.52. The summed E-state index contributed by atoms with van der Waals surface area (Å²) in [4.78, 5) is 0. The maximum Gasteiger partial charge on any atom is 0.431 e. The zero-order valence-electron chi connectivity index (χ0n) is 9.55. The molecule has 0 saturated heterocycles. The molecular weight excluding hydrogens is 311 g/mol. The summed E-state index contributed by atoms with van der Waals surface area (Å²) in [5.74, 6) is 0. The molecule has 1 N–H and O–H groups in total. The normalized spacial score (nSPS) is 12.3. The van der Waals surface area contributed by atoms with Crippen LogP contribution in [-0.2, 0) is 19.6 Å². The van der Waals surface area contributed by atoms with E-state index >= 15 is 0 Å². The van der Waals surface area contributed by atoms with Gasteiger partial charge in [-0.2, -0.15) is 13.2 Å². The number of aliphatic hydroxyl groups excluding tert-OH is 1. The number of alkyl halides is 3. The fraction of sp³-hybridized carbons (Fsp3) is 0.333. The molecule has 0 unspecified atom stereocenters. The van der Waals surface area contributed by atoms with Crippen LogP contribution in [0.5, 0.6) is 0 Å². The van der Waals surface area contributed by atoms with Crippen molar-refractivity contribution in [2.45, 2.75) is 12.6 Å². The van der Waals surface area contributed by atoms with E-state index in [1.165, 1.54) is 7.05 Å². The number of aromatic nitrogens is 1. The zero-order chi connectivity index (χ0) is 13.5. The maximum absolute atomic E-state index is 13.1. The lowest BCUT2D eigenvalue weighted by Gasteiger charge is -2.10. The van der Waals surface area contributed by atoms with Crippen molar-refractivity contribution in [2.24, 2.45) is 7.05 Å². The third-order valence-electron chi connectivity index (χ3n) is 2.90. The van der Waals surface area contributed by atoms with Gasteiger partial charge in [0.1, 0.15) is 5.69 Å². The molecule has 0 spiro atoms. The fourth-order valence-corrected chi connectivity index (χ4v) is 2.56. The number of hydrogen-bond acceptors (Lipinski definition) is 1. The summed E-state index contributed by atoms with van der Waals surface area (Å²) in [7, 11) is 1.39. The molecule has 2 aromatic rings. The quantitative estimate of drug-likeness (QED) is 0.899. The second-order valence-electron chi connectivity index (χ2n) is 4.02. The minimum Gasteiger partial charge on any atom is -0.396 e. The van der Waals surface area contributed by atoms with Gasteiger partial charge in [-0.1, -0.05) is 22.0 Å². The van der Waals surface area contributed by atoms with Gasteiger partial charge in [-0.15, -0.1) is 0 Å². The van der Waals surface area contributed by atoms with Gasteiger partial charge in [-0.25, -0.2) is 0 Å². The molecule has 0 saturated carbocycles. The predicted octanol–water partition coefficient (Wildman–Crippen LogP) is 3.49. The molecule has 2 rings (SSSR count). The van der Waals surface area contributed by atoms with Gasteiger partial charge in [-0.3, -0.25) is 0 Å². The van der Waals surface area contributed by atoms with Crippen LogP contribution in [0.2, 0.25) is 0 Å². The van der Waals surface area contributed by atoms with Crippen LogP contribution in [0.1, 0.15) is 11.3 Å². The van der Waals surface area contributed by atoms with E-state index < -0.39 is 11.9 Å². The third kappa shape index (κ3) is 2.14. The Kier molecular flexibility index (Phi) is 3.42. The number of aryl methyl sites for hydroxylation is 1. The van der Waals surface area contributed by atoms with Crippen molar-refractivity contribution in [3.05, 3.63) is 33.9 Å². The van der Waals surface area contributed by atoms with Gasteiger partial charge in [0.05, 0.1) is 0 Å². The van der Waals surface area contributed by atoms with Crippen molar-refractivity contribution in [1.29, 1.82) is 0 Å². The molecule has 1 aromatic heterocycles. The molecule has 0 aliphatic rings. The molecular formula is C12H11BrF3NO. The highest BCUT2D eigenvalue weighted by Crippen LogP contribution is 2.38. The fourth-order valence-electron chi connectivity index (χ4n) is 2.21. The van der Waals surface area contributed by atoms with E-state index in [-0.39, 0.29) is 18.6 Å². The predicted molar refractivity (Wildman–Crippen MR) is 66.4 cm³/mol. The molecule has 0 bridgehead atoms. The lowest BCUT2D eigenvalue weighted by molar-refractivity contribution is -0.143. The molecule has 2 nitrogen and oxygen atoms in total. The number of benzene rings is 1. The van der Waals surface area contributed by atoms with Crippen LogP contribution in [0, 0.1) is 0 Å². The van der Waals surface area contributed by atoms with E-state index in [4.69, 9.17) is 5.11 Å². The summed E-state index contributed by atoms with van der Waals surface area (Å²) in [6.07, 6.45) is -4.43. The van der Waals surface area contributed by atoms with Crippen molar-refractivity contribution < 1.29 is 18.3 Å². The highest BCUT2D eigenvalue weighted by atomic mass is 79.9. The standard InChI is InChI=1S/C12H11BrF3NO/c1-17-10-6-7(13)2-3-8(10)9(4-5-18)11(17)12(14,15)16/h2-3,6,18H,4-5H2,1H3. The van der Waals surface area contributed by atoms with E-state index in [1.807, 2.05) is 0 Å². The Morgan fingerprint density at radius 3 is 2.56 bits per heavy atom. The first-order chi connectivity index (χ1) is 8.36. The van der Waals surface area contributed by atoms with Crippen LogP contribution in [0.15, 0.2) is 22.7 Å². The molecule has 1 heterocycles. The lowest BCUT2D eigenvalue weighted by Crippen LogP contribution is -2.14. The van der Waals surface area contributed by atoms with Gasteiger partial charge in [0.2, 0.25) is 0 Å². The van der Waals surface area contributed by atoms with Crippen LogP contribution < -0.4 is 0 Å². The van der Waals surface area contributed by atoms with Gasteiger partial charge >= 0.3 is 6.18 Å². The van der Waals surface area contributed by atoms with Gasteiger partial charge in [-0.05, 0) is 24.1 Å². The van der Waals surface area contributed by atoms with Crippen LogP contribution in [0.25, 0.3) is 10.9 Å². The summed E-state index contributed by atoms with van der Waals surface area (Å²) < 4.78 is 41.0. The van der Waals surface area contributed by atoms with E-state index in [0.29, 0.717) is 10.9 Å². The van der Waals surface area contributed by atoms with E-state index in [2.05, 4.69) is 15.9 Å². The molecule has 0 fully saturated rings. The monoisotopic (exact) mass is 321 g/mol. The number of fused-ring (bicyclic) bond motifs is 1. The van der Waals surface area contributed by atoms with E-state index in [0.717, 1.165) is 9.04 Å². The van der Waals surface area contributed by atoms with Crippen molar-refractivity contribution in [3.8, 4) is 0 Å². The van der Waals surface area contributed by atoms with Crippen LogP contribution in [0.3, 0.4) is 0 Å². The Bertz CT molecular complexity index is 589. The molecule has 98 valence electrons. The van der Waals surface area contributed by atoms with E-state index in [9.17, 15) is 13.2 Å². The van der Waals surface area contributed by atoms with E-state index in [1.54, 1.807) is 18.2 Å². The van der Waals surface area contributed by atoms with Gasteiger partial charge in [0.25, 0.3) is 0 Å². The van der Waals surface area contributed by atoms with Gasteiger partial charge in [0.15, 0.2) is 0 Å². The maximum atomic E-state index is 13.1. The Morgan fingerprint density at radius 2 is 2.00 bits per heavy atom. The second-order valence-corrected chi connectivity index (χ2v) is 4.93. The molecule has 0 aliphatic heterocycles. The Hall–Kier alpha value is -1.01. The minimum absolute atomic E-state index is 0.00614. The van der Waals surface area contributed by atoms with Crippen LogP contribution >= 0.6 is 15.9 Å². The van der Waals surface area contributed by atoms with Gasteiger partial charge in [0, 0.05) is 29.0 Å². The van der Waals surface area contributed by atoms with Crippen molar-refractivity contribution in [2.75, 3.05) is 6.61 Å². The summed E-state index contributed by atoms with van der Waals surface area (Å²) in [5, 5.41) is 9.48. The smallest absolute Gasteiger partial charge is 0.396 e. The summed E-state index contributed by atoms with van der Waals surface area (Å²) >= 11 is 3.25. The summed E-state index contributed by atoms with van der Waals surface area (Å²) in [6.45, 7) is -0.307. The SMILES string of the molecule is Cn1c(C(F)(F)F)c(CCO)c2ccc(Br)cc21. The molecule has 0 aliphatic carbocycles. The zero-order valence-corrected chi connectivity index (χ0v) is 11.1. The van der Waals surface area contributed by atoms with Crippen molar-refractivity contribution in [1.82, 2.24) is 4.57 Å². The molecule has 0 atom stereocenters. The highest BCUT2D eigenvalue weighted by molar-refractivity contribution is 9.10. The molecule has 18 heavy (non-hydrogen) atoms. The molecule has 0 radical (unpaired) electrons. The lowest BCUT2D eigenvalue weighted by atomic mass is 10.1. The van der Waals surface area contributed by atoms with Crippen molar-refractivity contribution in [3.63, 3.8) is 0 Å². The van der Waals surface area contributed by atoms with Crippen LogP contribution in [-0.4, -0.2) is 16.3 Å². The Balaban J connectivity index is 2.83. The first-order valence-electron chi connectivity index (χ1n) is 5.31. The number of hydrogen-bond donors (Lipinski definition) is 1. The minimum atomic E-state index is -4.43. The van der Waals surface area contributed by atoms with Crippen LogP contribution in [0.4, 0.5) is 13.2 Å². The largest absolute Gasteiger partial charge is 0.431 e. The highest BCUT2D eigenvalue weighted by Gasteiger charge is 2.37. The molecule has 0 amide bonds. The topological polar surface area (TPSA) is 25.2 Å². The Morgan fingerprint density at radius 1 is 1.33 bits per heavy atom. The summed E-state index contributed by atoms with van der Waals surface area (Å²) in [6, 6.07) is 4.98. The first-order valence-corrected chi connectivity index (χ1v) is 6.10. The number of nitrogens with zero attached hydrogens (tertiary/aromatic N) is 1. The molecule has 6 heteroatoms. The summed E-state index contributed by atoms with van der Waals surface area (Å²) in [5.41, 5.74) is -0.0419. The second kappa shape index (κ2) is 4.59. The first kappa shape index (κ1) is 13.4. The number of halogens is 4. The van der Waals surface area contributed by atoms with Gasteiger partial charge < -0.3 is 9.67 Å². The number of rotatable bonds is 2. The van der Waals surface area contributed by atoms with Crippen molar-refractivity contribution >= 4 is 26.8 Å².